The Morgan fingerprint density at radius 1 is 1.24 bits per heavy atom. The Bertz CT molecular complexity index is 794. The number of fused-ring (bicyclic) bond motifs is 1. The lowest BCUT2D eigenvalue weighted by atomic mass is 10.1. The van der Waals surface area contributed by atoms with Crippen molar-refractivity contribution in [3.05, 3.63) is 59.1 Å². The van der Waals surface area contributed by atoms with E-state index in [9.17, 15) is 9.59 Å². The number of nitrogens with zero attached hydrogens (tertiary/aromatic N) is 1. The Balaban J connectivity index is 1.59. The zero-order valence-corrected chi connectivity index (χ0v) is 14.6. The second kappa shape index (κ2) is 7.57. The van der Waals surface area contributed by atoms with Crippen molar-refractivity contribution in [2.75, 3.05) is 11.4 Å². The lowest BCUT2D eigenvalue weighted by molar-refractivity contribution is -0.125. The van der Waals surface area contributed by atoms with Gasteiger partial charge in [0.25, 0.3) is 5.91 Å². The third-order valence-electron chi connectivity index (χ3n) is 4.01. The lowest BCUT2D eigenvalue weighted by Gasteiger charge is -2.32. The number of benzene rings is 2. The standard InChI is InChI=1S/C19H19ClN2O3/c1-13-19(24)22(16-7-2-3-8-17(16)25-13)10-9-18(23)21-12-14-5-4-6-15(20)11-14/h2-8,11,13H,9-10,12H2,1H3,(H,21,23). The van der Waals surface area contributed by atoms with Crippen molar-refractivity contribution in [3.8, 4) is 5.75 Å². The zero-order chi connectivity index (χ0) is 17.8. The lowest BCUT2D eigenvalue weighted by Crippen LogP contribution is -2.45. The van der Waals surface area contributed by atoms with Crippen LogP contribution < -0.4 is 15.0 Å². The molecule has 1 atom stereocenters. The SMILES string of the molecule is CC1Oc2ccccc2N(CCC(=O)NCc2cccc(Cl)c2)C1=O. The number of para-hydroxylation sites is 2. The fourth-order valence-electron chi connectivity index (χ4n) is 2.74. The van der Waals surface area contributed by atoms with Gasteiger partial charge in [-0.25, -0.2) is 0 Å². The molecule has 2 aromatic rings. The molecule has 0 radical (unpaired) electrons. The van der Waals surface area contributed by atoms with Gasteiger partial charge in [-0.05, 0) is 36.8 Å². The Labute approximate surface area is 151 Å². The van der Waals surface area contributed by atoms with Crippen LogP contribution in [0.5, 0.6) is 5.75 Å². The summed E-state index contributed by atoms with van der Waals surface area (Å²) in [5.74, 6) is 0.402. The number of rotatable bonds is 5. The molecule has 2 amide bonds. The van der Waals surface area contributed by atoms with Crippen LogP contribution in [0.25, 0.3) is 0 Å². The first-order valence-corrected chi connectivity index (χ1v) is 8.50. The van der Waals surface area contributed by atoms with Gasteiger partial charge in [0.05, 0.1) is 5.69 Å². The molecular formula is C19H19ClN2O3. The summed E-state index contributed by atoms with van der Waals surface area (Å²) in [6.07, 6.45) is -0.336. The van der Waals surface area contributed by atoms with E-state index in [1.165, 1.54) is 0 Å². The number of carbonyl (C=O) groups excluding carboxylic acids is 2. The molecule has 25 heavy (non-hydrogen) atoms. The first-order valence-electron chi connectivity index (χ1n) is 8.13. The van der Waals surface area contributed by atoms with Crippen molar-refractivity contribution in [3.63, 3.8) is 0 Å². The molecule has 1 N–H and O–H groups in total. The van der Waals surface area contributed by atoms with E-state index < -0.39 is 6.10 Å². The number of ether oxygens (including phenoxy) is 1. The summed E-state index contributed by atoms with van der Waals surface area (Å²) in [5, 5.41) is 3.48. The van der Waals surface area contributed by atoms with Crippen molar-refractivity contribution >= 4 is 29.1 Å². The predicted molar refractivity (Wildman–Crippen MR) is 96.8 cm³/mol. The highest BCUT2D eigenvalue weighted by molar-refractivity contribution is 6.30. The molecule has 6 heteroatoms. The molecule has 0 aliphatic carbocycles. The van der Waals surface area contributed by atoms with Crippen LogP contribution in [0.15, 0.2) is 48.5 Å². The predicted octanol–water partition coefficient (Wildman–Crippen LogP) is 3.16. The van der Waals surface area contributed by atoms with Gasteiger partial charge in [0.1, 0.15) is 5.75 Å². The zero-order valence-electron chi connectivity index (χ0n) is 13.9. The fourth-order valence-corrected chi connectivity index (χ4v) is 2.95. The van der Waals surface area contributed by atoms with Gasteiger partial charge in [0.2, 0.25) is 5.91 Å². The molecule has 1 aliphatic heterocycles. The number of amides is 2. The van der Waals surface area contributed by atoms with Gasteiger partial charge in [-0.3, -0.25) is 9.59 Å². The van der Waals surface area contributed by atoms with E-state index in [0.717, 1.165) is 5.56 Å². The number of hydrogen-bond acceptors (Lipinski definition) is 3. The summed E-state index contributed by atoms with van der Waals surface area (Å²) in [7, 11) is 0. The van der Waals surface area contributed by atoms with Crippen LogP contribution in [0, 0.1) is 0 Å². The van der Waals surface area contributed by atoms with Gasteiger partial charge in [0, 0.05) is 24.5 Å². The van der Waals surface area contributed by atoms with Gasteiger partial charge in [-0.1, -0.05) is 35.9 Å². The highest BCUT2D eigenvalue weighted by Crippen LogP contribution is 2.33. The molecule has 0 saturated carbocycles. The number of anilines is 1. The Morgan fingerprint density at radius 2 is 2.04 bits per heavy atom. The third kappa shape index (κ3) is 4.12. The van der Waals surface area contributed by atoms with Crippen LogP contribution >= 0.6 is 11.6 Å². The van der Waals surface area contributed by atoms with Gasteiger partial charge in [-0.15, -0.1) is 0 Å². The highest BCUT2D eigenvalue weighted by atomic mass is 35.5. The van der Waals surface area contributed by atoms with E-state index in [1.807, 2.05) is 42.5 Å². The van der Waals surface area contributed by atoms with Crippen molar-refractivity contribution in [1.82, 2.24) is 5.32 Å². The van der Waals surface area contributed by atoms with E-state index in [-0.39, 0.29) is 18.2 Å². The van der Waals surface area contributed by atoms with Crippen LogP contribution in [0.1, 0.15) is 18.9 Å². The van der Waals surface area contributed by atoms with Crippen molar-refractivity contribution in [2.24, 2.45) is 0 Å². The largest absolute Gasteiger partial charge is 0.479 e. The third-order valence-corrected chi connectivity index (χ3v) is 4.25. The van der Waals surface area contributed by atoms with Gasteiger partial charge in [0.15, 0.2) is 6.10 Å². The van der Waals surface area contributed by atoms with Crippen LogP contribution in [-0.2, 0) is 16.1 Å². The molecule has 3 rings (SSSR count). The normalized spacial score (nSPS) is 16.2. The number of hydrogen-bond donors (Lipinski definition) is 1. The Kier molecular flexibility index (Phi) is 5.24. The molecule has 0 bridgehead atoms. The summed E-state index contributed by atoms with van der Waals surface area (Å²) in [4.78, 5) is 26.1. The summed E-state index contributed by atoms with van der Waals surface area (Å²) in [6.45, 7) is 2.43. The van der Waals surface area contributed by atoms with Gasteiger partial charge in [-0.2, -0.15) is 0 Å². The summed E-state index contributed by atoms with van der Waals surface area (Å²) in [5.41, 5.74) is 1.63. The van der Waals surface area contributed by atoms with Crippen LogP contribution in [0.3, 0.4) is 0 Å². The van der Waals surface area contributed by atoms with Gasteiger partial charge < -0.3 is 15.0 Å². The molecule has 1 unspecified atom stereocenters. The topological polar surface area (TPSA) is 58.6 Å². The minimum atomic E-state index is -0.551. The van der Waals surface area contributed by atoms with E-state index >= 15 is 0 Å². The molecule has 1 aliphatic rings. The molecule has 5 nitrogen and oxygen atoms in total. The molecular weight excluding hydrogens is 340 g/mol. The number of carbonyl (C=O) groups is 2. The first kappa shape index (κ1) is 17.3. The van der Waals surface area contributed by atoms with Crippen LogP contribution in [0.4, 0.5) is 5.69 Å². The van der Waals surface area contributed by atoms with E-state index in [0.29, 0.717) is 29.5 Å². The van der Waals surface area contributed by atoms with Crippen molar-refractivity contribution < 1.29 is 14.3 Å². The van der Waals surface area contributed by atoms with Crippen molar-refractivity contribution in [1.29, 1.82) is 0 Å². The van der Waals surface area contributed by atoms with E-state index in [2.05, 4.69) is 5.32 Å². The molecule has 0 fully saturated rings. The Morgan fingerprint density at radius 3 is 2.84 bits per heavy atom. The fraction of sp³-hybridized carbons (Fsp3) is 0.263. The van der Waals surface area contributed by atoms with Crippen LogP contribution in [0.2, 0.25) is 5.02 Å². The second-order valence-electron chi connectivity index (χ2n) is 5.87. The average Bonchev–Trinajstić information content (AvgIpc) is 2.60. The number of halogens is 1. The van der Waals surface area contributed by atoms with E-state index in [4.69, 9.17) is 16.3 Å². The second-order valence-corrected chi connectivity index (χ2v) is 6.31. The quantitative estimate of drug-likeness (QED) is 0.893. The minimum absolute atomic E-state index is 0.121. The monoisotopic (exact) mass is 358 g/mol. The van der Waals surface area contributed by atoms with Crippen LogP contribution in [-0.4, -0.2) is 24.5 Å². The maximum Gasteiger partial charge on any atom is 0.267 e. The van der Waals surface area contributed by atoms with Gasteiger partial charge >= 0.3 is 0 Å². The van der Waals surface area contributed by atoms with Crippen molar-refractivity contribution in [2.45, 2.75) is 26.0 Å². The molecule has 130 valence electrons. The Hall–Kier alpha value is -2.53. The molecule has 0 spiro atoms. The maximum atomic E-state index is 12.4. The first-order chi connectivity index (χ1) is 12.0. The maximum absolute atomic E-state index is 12.4. The summed E-state index contributed by atoms with van der Waals surface area (Å²) in [6, 6.07) is 14.7. The summed E-state index contributed by atoms with van der Waals surface area (Å²) >= 11 is 5.93. The molecule has 2 aromatic carbocycles. The smallest absolute Gasteiger partial charge is 0.267 e. The number of nitrogens with one attached hydrogen (secondary N) is 1. The molecule has 1 heterocycles. The van der Waals surface area contributed by atoms with E-state index in [1.54, 1.807) is 17.9 Å². The summed E-state index contributed by atoms with van der Waals surface area (Å²) < 4.78 is 5.59. The minimum Gasteiger partial charge on any atom is -0.479 e. The highest BCUT2D eigenvalue weighted by Gasteiger charge is 2.31. The molecule has 0 saturated heterocycles. The molecule has 0 aromatic heterocycles. The average molecular weight is 359 g/mol.